The van der Waals surface area contributed by atoms with E-state index in [-0.39, 0.29) is 11.9 Å². The van der Waals surface area contributed by atoms with E-state index in [0.717, 1.165) is 46.5 Å². The summed E-state index contributed by atoms with van der Waals surface area (Å²) in [7, 11) is 1.61. The number of nitrogens with zero attached hydrogens (tertiary/aromatic N) is 2. The lowest BCUT2D eigenvalue weighted by Gasteiger charge is -2.37. The molecular weight excluding hydrogens is 757 g/mol. The monoisotopic (exact) mass is 806 g/mol. The molecule has 7 rings (SSSR count). The van der Waals surface area contributed by atoms with Crippen molar-refractivity contribution in [2.75, 3.05) is 46.4 Å². The van der Waals surface area contributed by atoms with Gasteiger partial charge in [0.1, 0.15) is 24.2 Å². The van der Waals surface area contributed by atoms with Gasteiger partial charge >= 0.3 is 23.9 Å². The summed E-state index contributed by atoms with van der Waals surface area (Å²) in [5.74, 6) is -4.76. The molecule has 1 aliphatic carbocycles. The number of carboxylic acids is 4. The number of phenolic OH excluding ortho intramolecular Hbond substituents is 1. The van der Waals surface area contributed by atoms with Gasteiger partial charge in [0, 0.05) is 33.6 Å². The smallest absolute Gasteiger partial charge is 0.414 e. The van der Waals surface area contributed by atoms with Gasteiger partial charge in [-0.2, -0.15) is 0 Å². The fraction of sp³-hybridized carbons (Fsp3) is 0.429. The van der Waals surface area contributed by atoms with Gasteiger partial charge in [-0.05, 0) is 137 Å². The molecule has 4 aromatic rings. The number of carboxylic acid groups (broad SMARTS) is 4. The maximum atomic E-state index is 10.6. The summed E-state index contributed by atoms with van der Waals surface area (Å²) in [4.78, 5) is 42.7. The first-order valence-electron chi connectivity index (χ1n) is 19.1. The average Bonchev–Trinajstić information content (AvgIpc) is 3.99. The predicted molar refractivity (Wildman–Crippen MR) is 214 cm³/mol. The largest absolute Gasteiger partial charge is 0.504 e. The molecule has 2 atom stereocenters. The molecule has 3 fully saturated rings. The van der Waals surface area contributed by atoms with Gasteiger partial charge in [0.05, 0.1) is 7.11 Å². The minimum absolute atomic E-state index is 0.169. The topological polar surface area (TPSA) is 204 Å². The predicted octanol–water partition coefficient (Wildman–Crippen LogP) is 6.44. The lowest BCUT2D eigenvalue weighted by Crippen LogP contribution is -2.46. The zero-order chi connectivity index (χ0) is 40.9. The minimum Gasteiger partial charge on any atom is -0.504 e. The highest BCUT2D eigenvalue weighted by molar-refractivity contribution is 7.22. The van der Waals surface area contributed by atoms with Crippen LogP contribution in [0.15, 0.2) is 60.7 Å². The molecule has 0 unspecified atom stereocenters. The first-order valence-corrected chi connectivity index (χ1v) is 19.9. The molecule has 14 nitrogen and oxygen atoms in total. The van der Waals surface area contributed by atoms with Gasteiger partial charge in [0.25, 0.3) is 0 Å². The second-order valence-corrected chi connectivity index (χ2v) is 15.2. The van der Waals surface area contributed by atoms with Crippen LogP contribution in [0.3, 0.4) is 0 Å². The second-order valence-electron chi connectivity index (χ2n) is 14.1. The number of carbonyl (C=O) groups is 4. The Morgan fingerprint density at radius 1 is 0.737 bits per heavy atom. The van der Waals surface area contributed by atoms with Gasteiger partial charge in [-0.25, -0.2) is 19.2 Å². The molecule has 0 spiro atoms. The van der Waals surface area contributed by atoms with Gasteiger partial charge in [-0.15, -0.1) is 11.3 Å². The molecule has 3 aliphatic rings. The van der Waals surface area contributed by atoms with E-state index in [9.17, 15) is 5.11 Å². The number of likely N-dealkylation sites (tertiary alicyclic amines) is 2. The summed E-state index contributed by atoms with van der Waals surface area (Å²) in [6.07, 6.45) is 11.3. The standard InChI is InChI=1S/C38H46N2O4S.2C2H2O4/c1-42-36-25-31-32(24-27-10-14-30(15-11-27)44-35-9-3-2-8-33(35)40-20-6-7-21-40)38(45-37(31)26-34(36)41)28-12-16-29(17-13-28)43-23-22-39-18-4-5-19-39;2*3-1(4)2(5)6/h10-17,25-26,33,35,41H,2-9,18-24H2,1H3;2*(H,3,4)(H,5,6)/t33-,35-;;/m1../s1. The van der Waals surface area contributed by atoms with Gasteiger partial charge in [-0.1, -0.05) is 18.6 Å². The van der Waals surface area contributed by atoms with E-state index in [2.05, 4.69) is 58.3 Å². The summed E-state index contributed by atoms with van der Waals surface area (Å²) in [6.45, 7) is 6.51. The van der Waals surface area contributed by atoms with Crippen molar-refractivity contribution in [1.82, 2.24) is 9.80 Å². The zero-order valence-electron chi connectivity index (χ0n) is 31.9. The van der Waals surface area contributed by atoms with Crippen molar-refractivity contribution in [3.8, 4) is 33.4 Å². The van der Waals surface area contributed by atoms with Crippen molar-refractivity contribution in [2.45, 2.75) is 69.9 Å². The maximum Gasteiger partial charge on any atom is 0.414 e. The second kappa shape index (κ2) is 20.7. The van der Waals surface area contributed by atoms with Crippen LogP contribution in [0.1, 0.15) is 62.5 Å². The van der Waals surface area contributed by atoms with Crippen LogP contribution in [0.5, 0.6) is 23.0 Å². The summed E-state index contributed by atoms with van der Waals surface area (Å²) in [5, 5.41) is 41.2. The molecule has 15 heteroatoms. The van der Waals surface area contributed by atoms with Crippen LogP contribution >= 0.6 is 11.3 Å². The lowest BCUT2D eigenvalue weighted by atomic mass is 9.91. The number of rotatable bonds is 11. The van der Waals surface area contributed by atoms with Gasteiger partial charge in [0.2, 0.25) is 0 Å². The van der Waals surface area contributed by atoms with Crippen LogP contribution in [0, 0.1) is 0 Å². The van der Waals surface area contributed by atoms with Crippen LogP contribution in [0.4, 0.5) is 0 Å². The van der Waals surface area contributed by atoms with E-state index in [1.807, 2.05) is 12.1 Å². The van der Waals surface area contributed by atoms with Crippen molar-refractivity contribution in [3.63, 3.8) is 0 Å². The molecule has 2 saturated heterocycles. The third-order valence-electron chi connectivity index (χ3n) is 10.3. The highest BCUT2D eigenvalue weighted by Crippen LogP contribution is 2.44. The van der Waals surface area contributed by atoms with Crippen molar-refractivity contribution in [3.05, 3.63) is 71.8 Å². The third kappa shape index (κ3) is 12.1. The Balaban J connectivity index is 0.000000452. The Morgan fingerprint density at radius 3 is 1.91 bits per heavy atom. The maximum absolute atomic E-state index is 10.6. The fourth-order valence-electron chi connectivity index (χ4n) is 7.51. The molecule has 1 aromatic heterocycles. The number of fused-ring (bicyclic) bond motifs is 1. The molecule has 1 saturated carbocycles. The summed E-state index contributed by atoms with van der Waals surface area (Å²) >= 11 is 1.72. The van der Waals surface area contributed by atoms with Crippen LogP contribution in [0.2, 0.25) is 0 Å². The number of aromatic hydroxyl groups is 1. The van der Waals surface area contributed by atoms with E-state index >= 15 is 0 Å². The SMILES string of the molecule is COc1cc2c(Cc3ccc(O[C@@H]4CCCC[C@H]4N4CCCC4)cc3)c(-c3ccc(OCCN4CCCC4)cc3)sc2cc1O.O=C(O)C(=O)O.O=C(O)C(=O)O. The van der Waals surface area contributed by atoms with Gasteiger partial charge < -0.3 is 39.7 Å². The molecule has 3 aromatic carbocycles. The molecule has 5 N–H and O–H groups in total. The van der Waals surface area contributed by atoms with Crippen molar-refractivity contribution >= 4 is 45.3 Å². The van der Waals surface area contributed by atoms with Crippen molar-refractivity contribution < 1.29 is 58.9 Å². The van der Waals surface area contributed by atoms with E-state index in [1.165, 1.54) is 87.1 Å². The molecule has 0 amide bonds. The van der Waals surface area contributed by atoms with Crippen LogP contribution in [0.25, 0.3) is 20.5 Å². The highest BCUT2D eigenvalue weighted by Gasteiger charge is 2.33. The Labute approximate surface area is 334 Å². The number of phenols is 1. The molecule has 2 aliphatic heterocycles. The Morgan fingerprint density at radius 2 is 1.32 bits per heavy atom. The zero-order valence-corrected chi connectivity index (χ0v) is 32.7. The average molecular weight is 807 g/mol. The molecule has 306 valence electrons. The first kappa shape index (κ1) is 42.8. The van der Waals surface area contributed by atoms with Gasteiger partial charge in [-0.3, -0.25) is 9.80 Å². The van der Waals surface area contributed by atoms with E-state index < -0.39 is 23.9 Å². The number of hydrogen-bond donors (Lipinski definition) is 5. The summed E-state index contributed by atoms with van der Waals surface area (Å²) in [6, 6.07) is 21.6. The quantitative estimate of drug-likeness (QED) is 0.104. The number of aliphatic carboxylic acids is 4. The van der Waals surface area contributed by atoms with Crippen molar-refractivity contribution in [2.24, 2.45) is 0 Å². The van der Waals surface area contributed by atoms with Crippen LogP contribution in [-0.2, 0) is 25.6 Å². The molecule has 0 radical (unpaired) electrons. The third-order valence-corrected chi connectivity index (χ3v) is 11.6. The van der Waals surface area contributed by atoms with E-state index in [4.69, 9.17) is 53.8 Å². The normalized spacial score (nSPS) is 18.1. The lowest BCUT2D eigenvalue weighted by molar-refractivity contribution is -0.159. The highest BCUT2D eigenvalue weighted by atomic mass is 32.1. The Kier molecular flexibility index (Phi) is 15.5. The molecular formula is C42H50N2O12S. The fourth-order valence-corrected chi connectivity index (χ4v) is 8.75. The summed E-state index contributed by atoms with van der Waals surface area (Å²) in [5.41, 5.74) is 3.63. The number of thiophene rings is 1. The Hall–Kier alpha value is -5.38. The minimum atomic E-state index is -1.82. The van der Waals surface area contributed by atoms with Gasteiger partial charge in [0.15, 0.2) is 11.5 Å². The number of hydrogen-bond acceptors (Lipinski definition) is 11. The van der Waals surface area contributed by atoms with Crippen LogP contribution < -0.4 is 14.2 Å². The van der Waals surface area contributed by atoms with E-state index in [1.54, 1.807) is 18.4 Å². The van der Waals surface area contributed by atoms with E-state index in [0.29, 0.717) is 18.4 Å². The van der Waals surface area contributed by atoms with Crippen molar-refractivity contribution in [1.29, 1.82) is 0 Å². The number of benzene rings is 3. The van der Waals surface area contributed by atoms with Crippen LogP contribution in [-0.4, -0.2) is 118 Å². The molecule has 3 heterocycles. The molecule has 57 heavy (non-hydrogen) atoms. The Bertz CT molecular complexity index is 1920. The number of methoxy groups -OCH3 is 1. The first-order chi connectivity index (χ1) is 27.4. The summed E-state index contributed by atoms with van der Waals surface area (Å²) < 4.78 is 19.3. The number of ether oxygens (including phenoxy) is 3. The molecule has 0 bridgehead atoms.